The number of carbonyl (C=O) groups excluding carboxylic acids is 1. The van der Waals surface area contributed by atoms with Crippen LogP contribution in [0.25, 0.3) is 5.57 Å². The second-order valence-corrected chi connectivity index (χ2v) is 8.61. The Hall–Kier alpha value is -2.81. The summed E-state index contributed by atoms with van der Waals surface area (Å²) < 4.78 is 11.8. The van der Waals surface area contributed by atoms with Crippen molar-refractivity contribution in [1.82, 2.24) is 0 Å². The molecule has 1 aliphatic heterocycles. The Labute approximate surface area is 181 Å². The molecule has 6 heteroatoms. The van der Waals surface area contributed by atoms with E-state index in [1.165, 1.54) is 6.07 Å². The molecule has 0 fully saturated rings. The molecule has 0 atom stereocenters. The SMILES string of the molecule is CCc1ccc(Oc2ccc(C#N)cc2Cl)cc1C1=C(O)C(C)(C)OC(C)(C)C1=O. The number of ketones is 1. The van der Waals surface area contributed by atoms with Gasteiger partial charge in [-0.05, 0) is 75.6 Å². The number of hydrogen-bond donors (Lipinski definition) is 1. The van der Waals surface area contributed by atoms with Crippen LogP contribution in [0.1, 0.15) is 51.3 Å². The largest absolute Gasteiger partial charge is 0.508 e. The summed E-state index contributed by atoms with van der Waals surface area (Å²) in [5.41, 5.74) is 0.0867. The number of aryl methyl sites for hydroxylation is 1. The van der Waals surface area contributed by atoms with Gasteiger partial charge in [-0.25, -0.2) is 0 Å². The van der Waals surface area contributed by atoms with Gasteiger partial charge >= 0.3 is 0 Å². The highest BCUT2D eigenvalue weighted by Crippen LogP contribution is 2.42. The van der Waals surface area contributed by atoms with E-state index in [9.17, 15) is 9.90 Å². The lowest BCUT2D eigenvalue weighted by Crippen LogP contribution is -2.49. The van der Waals surface area contributed by atoms with Crippen LogP contribution in [-0.2, 0) is 16.0 Å². The van der Waals surface area contributed by atoms with Crippen molar-refractivity contribution in [3.05, 3.63) is 63.9 Å². The molecule has 0 spiro atoms. The summed E-state index contributed by atoms with van der Waals surface area (Å²) in [5.74, 6) is 0.463. The average Bonchev–Trinajstić information content (AvgIpc) is 2.68. The van der Waals surface area contributed by atoms with Gasteiger partial charge in [0.2, 0.25) is 0 Å². The summed E-state index contributed by atoms with van der Waals surface area (Å²) in [6, 6.07) is 12.2. The number of rotatable bonds is 4. The lowest BCUT2D eigenvalue weighted by atomic mass is 9.81. The van der Waals surface area contributed by atoms with Gasteiger partial charge in [-0.3, -0.25) is 4.79 Å². The summed E-state index contributed by atoms with van der Waals surface area (Å²) in [5, 5.41) is 20.2. The third-order valence-corrected chi connectivity index (χ3v) is 5.41. The van der Waals surface area contributed by atoms with Crippen molar-refractivity contribution in [3.8, 4) is 17.6 Å². The van der Waals surface area contributed by atoms with Crippen molar-refractivity contribution < 1.29 is 19.4 Å². The van der Waals surface area contributed by atoms with Gasteiger partial charge in [0.1, 0.15) is 28.5 Å². The van der Waals surface area contributed by atoms with Gasteiger partial charge in [0.25, 0.3) is 0 Å². The number of nitriles is 1. The summed E-state index contributed by atoms with van der Waals surface area (Å²) in [6.07, 6.45) is 0.666. The molecule has 0 saturated carbocycles. The van der Waals surface area contributed by atoms with Crippen LogP contribution in [-0.4, -0.2) is 22.1 Å². The molecule has 0 amide bonds. The smallest absolute Gasteiger partial charge is 0.198 e. The molecular weight excluding hydrogens is 402 g/mol. The first-order chi connectivity index (χ1) is 14.0. The Balaban J connectivity index is 2.12. The standard InChI is InChI=1S/C24H24ClNO4/c1-6-15-8-9-16(29-19-10-7-14(13-26)11-18(19)25)12-17(15)20-21(27)23(2,3)30-24(4,5)22(20)28/h7-12,27H,6H2,1-5H3. The summed E-state index contributed by atoms with van der Waals surface area (Å²) in [4.78, 5) is 13.2. The number of benzene rings is 2. The first kappa shape index (κ1) is 21.9. The quantitative estimate of drug-likeness (QED) is 0.650. The molecule has 30 heavy (non-hydrogen) atoms. The monoisotopic (exact) mass is 425 g/mol. The maximum atomic E-state index is 13.2. The maximum Gasteiger partial charge on any atom is 0.198 e. The fourth-order valence-corrected chi connectivity index (χ4v) is 3.85. The molecule has 2 aromatic rings. The number of halogens is 1. The molecule has 5 nitrogen and oxygen atoms in total. The molecule has 0 radical (unpaired) electrons. The molecule has 156 valence electrons. The Morgan fingerprint density at radius 2 is 1.83 bits per heavy atom. The van der Waals surface area contributed by atoms with Crippen LogP contribution in [0.5, 0.6) is 11.5 Å². The van der Waals surface area contributed by atoms with Crippen molar-refractivity contribution in [2.45, 2.75) is 52.2 Å². The maximum absolute atomic E-state index is 13.2. The lowest BCUT2D eigenvalue weighted by Gasteiger charge is -2.40. The van der Waals surface area contributed by atoms with E-state index in [4.69, 9.17) is 26.3 Å². The third-order valence-electron chi connectivity index (χ3n) is 5.11. The molecule has 0 saturated heterocycles. The van der Waals surface area contributed by atoms with Crippen LogP contribution in [0.3, 0.4) is 0 Å². The van der Waals surface area contributed by atoms with Gasteiger partial charge in [-0.1, -0.05) is 24.6 Å². The van der Waals surface area contributed by atoms with E-state index in [1.807, 2.05) is 19.1 Å². The zero-order valence-electron chi connectivity index (χ0n) is 17.7. The Bertz CT molecular complexity index is 1090. The molecule has 1 aliphatic rings. The van der Waals surface area contributed by atoms with Crippen LogP contribution >= 0.6 is 11.6 Å². The molecule has 0 aromatic heterocycles. The van der Waals surface area contributed by atoms with Gasteiger partial charge in [-0.15, -0.1) is 0 Å². The Kier molecular flexibility index (Phi) is 5.68. The molecule has 0 bridgehead atoms. The highest BCUT2D eigenvalue weighted by molar-refractivity contribution is 6.32. The topological polar surface area (TPSA) is 79.6 Å². The van der Waals surface area contributed by atoms with Gasteiger partial charge in [0.15, 0.2) is 5.78 Å². The highest BCUT2D eigenvalue weighted by Gasteiger charge is 2.47. The first-order valence-electron chi connectivity index (χ1n) is 9.69. The van der Waals surface area contributed by atoms with Crippen LogP contribution in [0.15, 0.2) is 42.2 Å². The van der Waals surface area contributed by atoms with Crippen LogP contribution in [0.4, 0.5) is 0 Å². The van der Waals surface area contributed by atoms with Gasteiger partial charge in [0.05, 0.1) is 22.2 Å². The van der Waals surface area contributed by atoms with Crippen LogP contribution in [0, 0.1) is 11.3 Å². The Morgan fingerprint density at radius 1 is 1.13 bits per heavy atom. The number of aliphatic hydroxyl groups is 1. The van der Waals surface area contributed by atoms with E-state index in [0.29, 0.717) is 34.1 Å². The number of hydrogen-bond acceptors (Lipinski definition) is 5. The highest BCUT2D eigenvalue weighted by atomic mass is 35.5. The number of Topliss-reactive ketones (excluding diaryl/α,β-unsaturated/α-hetero) is 1. The fraction of sp³-hybridized carbons (Fsp3) is 0.333. The minimum atomic E-state index is -1.08. The van der Waals surface area contributed by atoms with Crippen molar-refractivity contribution in [2.24, 2.45) is 0 Å². The van der Waals surface area contributed by atoms with E-state index >= 15 is 0 Å². The predicted octanol–water partition coefficient (Wildman–Crippen LogP) is 5.99. The number of carbonyl (C=O) groups is 1. The van der Waals surface area contributed by atoms with Gasteiger partial charge in [0, 0.05) is 0 Å². The minimum Gasteiger partial charge on any atom is -0.508 e. The van der Waals surface area contributed by atoms with E-state index in [-0.39, 0.29) is 17.1 Å². The second kappa shape index (κ2) is 7.79. The lowest BCUT2D eigenvalue weighted by molar-refractivity contribution is -0.158. The molecule has 2 aromatic carbocycles. The average molecular weight is 426 g/mol. The van der Waals surface area contributed by atoms with E-state index < -0.39 is 11.2 Å². The summed E-state index contributed by atoms with van der Waals surface area (Å²) in [6.45, 7) is 8.85. The minimum absolute atomic E-state index is 0.102. The predicted molar refractivity (Wildman–Crippen MR) is 116 cm³/mol. The van der Waals surface area contributed by atoms with Crippen LogP contribution in [0.2, 0.25) is 5.02 Å². The third kappa shape index (κ3) is 3.94. The molecule has 0 unspecified atom stereocenters. The molecular formula is C24H24ClNO4. The fourth-order valence-electron chi connectivity index (χ4n) is 3.63. The van der Waals surface area contributed by atoms with Crippen LogP contribution < -0.4 is 4.74 Å². The van der Waals surface area contributed by atoms with E-state index in [2.05, 4.69) is 0 Å². The second-order valence-electron chi connectivity index (χ2n) is 8.21. The Morgan fingerprint density at radius 3 is 2.43 bits per heavy atom. The van der Waals surface area contributed by atoms with Crippen molar-refractivity contribution in [1.29, 1.82) is 5.26 Å². The summed E-state index contributed by atoms with van der Waals surface area (Å²) in [7, 11) is 0. The molecule has 1 heterocycles. The molecule has 3 rings (SSSR count). The summed E-state index contributed by atoms with van der Waals surface area (Å²) >= 11 is 6.23. The zero-order chi connectivity index (χ0) is 22.3. The first-order valence-corrected chi connectivity index (χ1v) is 10.1. The van der Waals surface area contributed by atoms with Crippen molar-refractivity contribution >= 4 is 23.0 Å². The number of ether oxygens (including phenoxy) is 2. The zero-order valence-corrected chi connectivity index (χ0v) is 18.4. The van der Waals surface area contributed by atoms with Gasteiger partial charge < -0.3 is 14.6 Å². The van der Waals surface area contributed by atoms with Gasteiger partial charge in [-0.2, -0.15) is 5.26 Å². The number of aliphatic hydroxyl groups excluding tert-OH is 1. The molecule has 1 N–H and O–H groups in total. The number of nitrogens with zero attached hydrogens (tertiary/aromatic N) is 1. The molecule has 0 aliphatic carbocycles. The van der Waals surface area contributed by atoms with Crippen molar-refractivity contribution in [2.75, 3.05) is 0 Å². The van der Waals surface area contributed by atoms with E-state index in [1.54, 1.807) is 52.0 Å². The van der Waals surface area contributed by atoms with E-state index in [0.717, 1.165) is 5.56 Å². The normalized spacial score (nSPS) is 17.6. The van der Waals surface area contributed by atoms with Crippen molar-refractivity contribution in [3.63, 3.8) is 0 Å².